The summed E-state index contributed by atoms with van der Waals surface area (Å²) in [6, 6.07) is 0. The minimum Gasteiger partial charge on any atom is -0.356 e. The van der Waals surface area contributed by atoms with Gasteiger partial charge in [0.15, 0.2) is 0 Å². The molecule has 0 spiro atoms. The summed E-state index contributed by atoms with van der Waals surface area (Å²) in [6.07, 6.45) is 0. The monoisotopic (exact) mass is 1010 g/mol. The second-order valence-corrected chi connectivity index (χ2v) is 14.2. The molecule has 0 aliphatic heterocycles. The van der Waals surface area contributed by atoms with Gasteiger partial charge in [0.05, 0.1) is 15.3 Å². The summed E-state index contributed by atoms with van der Waals surface area (Å²) in [7, 11) is 0.361. The number of nitrogens with zero attached hydrogens (tertiary/aromatic N) is 3. The molecular weight excluding hydrogens is 978 g/mol. The first-order valence-corrected chi connectivity index (χ1v) is 15.1. The van der Waals surface area contributed by atoms with Crippen molar-refractivity contribution >= 4 is 23.8 Å². The van der Waals surface area contributed by atoms with Crippen LogP contribution in [0.3, 0.4) is 0 Å². The van der Waals surface area contributed by atoms with Crippen LogP contribution in [0.25, 0.3) is 0 Å². The average Bonchev–Trinajstić information content (AvgIpc) is 2.08. The molecule has 0 aromatic rings. The molecule has 0 saturated carbocycles. The van der Waals surface area contributed by atoms with Crippen LogP contribution in [0.4, 0.5) is 0 Å². The van der Waals surface area contributed by atoms with Crippen LogP contribution in [0.1, 0.15) is 0 Å². The minimum absolute atomic E-state index is 0. The molecule has 0 fully saturated rings. The van der Waals surface area contributed by atoms with E-state index in [2.05, 4.69) is 60.0 Å². The topological polar surface area (TPSA) is 199 Å². The third kappa shape index (κ3) is 13900. The van der Waals surface area contributed by atoms with Gasteiger partial charge in [-0.15, -0.1) is 0 Å². The maximum Gasteiger partial charge on any atom is 1.00 e. The Bertz CT molecular complexity index is 233. The molecule has 0 aromatic carbocycles. The van der Waals surface area contributed by atoms with E-state index < -0.39 is 15.3 Å². The summed E-state index contributed by atoms with van der Waals surface area (Å²) >= 11 is 0. The average molecular weight is 1010 g/mol. The Labute approximate surface area is 210 Å². The molecule has 0 saturated heterocycles. The van der Waals surface area contributed by atoms with Gasteiger partial charge < -0.3 is 46.0 Å². The molecule has 0 aromatic heterocycles. The van der Waals surface area contributed by atoms with Gasteiger partial charge in [0.25, 0.3) is 0 Å². The van der Waals surface area contributed by atoms with Crippen molar-refractivity contribution in [2.75, 3.05) is 60.0 Å². The van der Waals surface area contributed by atoms with Crippen molar-refractivity contribution in [2.45, 2.75) is 0 Å². The van der Waals surface area contributed by atoms with E-state index in [1.807, 2.05) is 0 Å². The van der Waals surface area contributed by atoms with Crippen molar-refractivity contribution in [3.63, 3.8) is 0 Å². The Hall–Kier alpha value is 1.11. The Morgan fingerprint density at radius 3 is 0.407 bits per heavy atom. The molecule has 27 heavy (non-hydrogen) atoms. The first-order chi connectivity index (χ1) is 10.4. The fourth-order valence-corrected chi connectivity index (χ4v) is 0. The van der Waals surface area contributed by atoms with E-state index >= 15 is 0 Å². The Kier molecular flexibility index (Phi) is 106. The van der Waals surface area contributed by atoms with Crippen molar-refractivity contribution in [1.82, 2.24) is 0 Å². The summed E-state index contributed by atoms with van der Waals surface area (Å²) in [5.74, 6) is 0. The van der Waals surface area contributed by atoms with Crippen LogP contribution < -0.4 is 0 Å². The molecule has 0 heterocycles. The van der Waals surface area contributed by atoms with Gasteiger partial charge in [-0.25, -0.2) is 0 Å². The molecule has 0 N–H and O–H groups in total. The van der Waals surface area contributed by atoms with Gasteiger partial charge in [-0.1, -0.05) is 0 Å². The fraction of sp³-hybridized carbons (Fsp3) is 1.00. The molecule has 0 radical (unpaired) electrons. The maximum absolute atomic E-state index is 8.25. The fourth-order valence-electron chi connectivity index (χ4n) is 0. The Balaban J connectivity index is -0.0000000201. The van der Waals surface area contributed by atoms with Crippen molar-refractivity contribution < 1.29 is 82.4 Å². The van der Waals surface area contributed by atoms with E-state index in [1.165, 1.54) is 0 Å². The summed E-state index contributed by atoms with van der Waals surface area (Å²) in [4.78, 5) is 24.8. The van der Waals surface area contributed by atoms with Crippen molar-refractivity contribution in [3.8, 4) is 0 Å². The van der Waals surface area contributed by atoms with Crippen molar-refractivity contribution in [2.24, 2.45) is 0 Å². The van der Waals surface area contributed by atoms with Gasteiger partial charge in [-0.3, -0.25) is 0 Å². The van der Waals surface area contributed by atoms with E-state index in [1.54, 1.807) is 0 Å². The van der Waals surface area contributed by atoms with Crippen molar-refractivity contribution in [1.29, 1.82) is 0 Å². The van der Waals surface area contributed by atoms with Gasteiger partial charge in [0, 0.05) is 60.0 Å². The second-order valence-electron chi connectivity index (χ2n) is 5.17. The number of hydrogen-bond donors (Lipinski definition) is 0. The Morgan fingerprint density at radius 1 is 0.407 bits per heavy atom. The van der Waals surface area contributed by atoms with Crippen LogP contribution >= 0.6 is 23.8 Å². The molecule has 0 atom stereocenters. The normalized spacial score (nSPS) is 6.67. The zero-order valence-corrected chi connectivity index (χ0v) is 25.9. The minimum atomic E-state index is -1.75. The zero-order valence-electron chi connectivity index (χ0n) is 16.4. The summed E-state index contributed by atoms with van der Waals surface area (Å²) < 4.78 is 0. The second kappa shape index (κ2) is 50.6. The van der Waals surface area contributed by atoms with Crippen LogP contribution in [0.2, 0.25) is 0 Å². The molecule has 0 unspecified atom stereocenters. The van der Waals surface area contributed by atoms with Crippen LogP contribution in [0.15, 0.2) is 0 Å². The van der Waals surface area contributed by atoms with Gasteiger partial charge in [-0.2, -0.15) is 0 Å². The van der Waals surface area contributed by atoms with Gasteiger partial charge in [0.1, 0.15) is 0 Å². The number of rotatable bonds is 0. The van der Waals surface area contributed by atoms with E-state index in [9.17, 15) is 0 Å². The van der Waals surface area contributed by atoms with E-state index in [-0.39, 0.29) is 90.9 Å². The zero-order chi connectivity index (χ0) is 21.5. The third-order valence-corrected chi connectivity index (χ3v) is 0. The quantitative estimate of drug-likeness (QED) is 0.152. The van der Waals surface area contributed by atoms with Gasteiger partial charge in [0.2, 0.25) is 0 Å². The maximum atomic E-state index is 8.25. The summed E-state index contributed by atoms with van der Waals surface area (Å²) in [5, 5.41) is 44.2. The number of hydrogen-bond acceptors (Lipinski definition) is 9. The van der Waals surface area contributed by atoms with E-state index in [0.29, 0.717) is 0 Å². The molecule has 0 bridgehead atoms. The smallest absolute Gasteiger partial charge is 0.356 e. The van der Waals surface area contributed by atoms with Crippen LogP contribution in [0.5, 0.6) is 0 Å². The first-order valence-electron chi connectivity index (χ1n) is 6.14. The van der Waals surface area contributed by atoms with Crippen LogP contribution in [0, 0.1) is 46.0 Å². The van der Waals surface area contributed by atoms with Crippen molar-refractivity contribution in [3.05, 3.63) is 46.0 Å². The predicted octanol–water partition coefficient (Wildman–Crippen LogP) is 2.55. The summed E-state index contributed by atoms with van der Waals surface area (Å²) in [5.41, 5.74) is 0. The van der Waals surface area contributed by atoms with E-state index in [4.69, 9.17) is 46.0 Å². The molecule has 180 valence electrons. The van der Waals surface area contributed by atoms with Crippen LogP contribution in [-0.2, 0) is 67.1 Å². The van der Waals surface area contributed by atoms with E-state index in [0.717, 1.165) is 0 Å². The SMILES string of the molecule is C[PH+](C)C.C[PH+](C)C.C[PH+](C)C.O=[N+]([O-])[O-].O=[N+]([O-])[O-].O=[N+]([O-])[O-].[Au+].[Au+].[Au+]. The standard InChI is InChI=1S/3C3H9P.3Au.3NO3/c3*1-4(2)3;;;;3*2-1(3)4/h3*1-3H3;;;;;;/q;;;3*+1;3*-1/p+3. The molecule has 0 aliphatic carbocycles. The molecular formula is C9H30Au3N3O9P3+3. The first kappa shape index (κ1) is 56.6. The molecule has 12 nitrogen and oxygen atoms in total. The molecule has 0 amide bonds. The molecule has 18 heteroatoms. The van der Waals surface area contributed by atoms with Gasteiger partial charge >= 0.3 is 67.1 Å². The molecule has 0 rings (SSSR count). The largest absolute Gasteiger partial charge is 1.00 e. The summed E-state index contributed by atoms with van der Waals surface area (Å²) in [6.45, 7) is 20.4. The van der Waals surface area contributed by atoms with Gasteiger partial charge in [-0.05, 0) is 23.8 Å². The Morgan fingerprint density at radius 2 is 0.407 bits per heavy atom. The van der Waals surface area contributed by atoms with Crippen LogP contribution in [-0.4, -0.2) is 75.2 Å². The third-order valence-electron chi connectivity index (χ3n) is 0. The predicted molar refractivity (Wildman–Crippen MR) is 109 cm³/mol. The molecule has 0 aliphatic rings.